The summed E-state index contributed by atoms with van der Waals surface area (Å²) in [6, 6.07) is 0. The predicted octanol–water partition coefficient (Wildman–Crippen LogP) is -0.0914. The molecule has 2 nitrogen and oxygen atoms in total. The van der Waals surface area contributed by atoms with E-state index >= 15 is 0 Å². The molecule has 0 aromatic carbocycles. The van der Waals surface area contributed by atoms with Gasteiger partial charge in [0.2, 0.25) is 0 Å². The molecule has 2 heteroatoms. The van der Waals surface area contributed by atoms with Crippen molar-refractivity contribution in [1.29, 1.82) is 0 Å². The first-order valence-corrected chi connectivity index (χ1v) is 3.74. The van der Waals surface area contributed by atoms with Crippen molar-refractivity contribution in [3.8, 4) is 0 Å². The largest absolute Gasteiger partial charge is 0.405 e. The van der Waals surface area contributed by atoms with E-state index in [2.05, 4.69) is 10.7 Å². The standard InChI is InChI=1S/C10H14N2/c1-12-10-8-6-4-2-3-5-7-9-11/h2-10H,11H2,1H3/p+1/i/hD. The first-order valence-electron chi connectivity index (χ1n) is 4.24. The molecule has 0 bridgehead atoms. The first-order chi connectivity index (χ1) is 6.41. The Balaban J connectivity index is 3.62. The number of hydrogen-bond acceptors (Lipinski definition) is 1. The molecule has 0 aliphatic carbocycles. The quantitative estimate of drug-likeness (QED) is 0.432. The van der Waals surface area contributed by atoms with Crippen molar-refractivity contribution in [2.75, 3.05) is 7.05 Å². The van der Waals surface area contributed by atoms with Gasteiger partial charge in [-0.2, -0.15) is 0 Å². The van der Waals surface area contributed by atoms with Crippen molar-refractivity contribution in [3.05, 3.63) is 48.7 Å². The summed E-state index contributed by atoms with van der Waals surface area (Å²) in [5, 5.41) is 0. The van der Waals surface area contributed by atoms with Crippen LogP contribution in [-0.2, 0) is 0 Å². The zero-order valence-electron chi connectivity index (χ0n) is 8.20. The molecule has 0 radical (unpaired) electrons. The summed E-state index contributed by atoms with van der Waals surface area (Å²) in [5.41, 5.74) is 2.15. The summed E-state index contributed by atoms with van der Waals surface area (Å²) in [7, 11) is 1.85. The van der Waals surface area contributed by atoms with E-state index in [1.165, 1.54) is 6.20 Å². The van der Waals surface area contributed by atoms with Crippen molar-refractivity contribution in [1.82, 2.24) is 0 Å². The van der Waals surface area contributed by atoms with Crippen LogP contribution in [-0.4, -0.2) is 13.3 Å². The molecule has 0 atom stereocenters. The van der Waals surface area contributed by atoms with Crippen LogP contribution in [0.4, 0.5) is 0 Å². The van der Waals surface area contributed by atoms with E-state index < -0.39 is 0 Å². The molecule has 0 aromatic heterocycles. The van der Waals surface area contributed by atoms with Crippen LogP contribution >= 0.6 is 0 Å². The fourth-order valence-electron chi connectivity index (χ4n) is 0.528. The van der Waals surface area contributed by atoms with Crippen molar-refractivity contribution in [2.45, 2.75) is 0 Å². The lowest BCUT2D eigenvalue weighted by Crippen LogP contribution is -2.62. The fourth-order valence-corrected chi connectivity index (χ4v) is 0.528. The van der Waals surface area contributed by atoms with E-state index in [0.29, 0.717) is 0 Å². The van der Waals surface area contributed by atoms with Gasteiger partial charge in [-0.3, -0.25) is 4.99 Å². The van der Waals surface area contributed by atoms with Crippen LogP contribution in [0, 0.1) is 0 Å². The first kappa shape index (κ1) is 8.53. The lowest BCUT2D eigenvalue weighted by atomic mass is 10.4. The molecular formula is C10H15N2+. The summed E-state index contributed by atoms with van der Waals surface area (Å²) < 4.78 is 6.58. The Morgan fingerprint density at radius 2 is 1.58 bits per heavy atom. The molecular weight excluding hydrogens is 148 g/mol. The molecule has 0 fully saturated rings. The van der Waals surface area contributed by atoms with E-state index in [9.17, 15) is 0 Å². The molecule has 0 spiro atoms. The molecule has 0 unspecified atom stereocenters. The Bertz CT molecular complexity index is 237. The van der Waals surface area contributed by atoms with Gasteiger partial charge in [-0.1, -0.05) is 30.4 Å². The van der Waals surface area contributed by atoms with Crippen molar-refractivity contribution >= 4 is 6.21 Å². The second-order valence-electron chi connectivity index (χ2n) is 1.97. The van der Waals surface area contributed by atoms with Crippen LogP contribution < -0.4 is 10.7 Å². The highest BCUT2D eigenvalue weighted by molar-refractivity contribution is 5.65. The molecule has 0 amide bonds. The smallest absolute Gasteiger partial charge is 0.161 e. The molecule has 0 aliphatic rings. The summed E-state index contributed by atoms with van der Waals surface area (Å²) in [5.74, 6) is 0. The van der Waals surface area contributed by atoms with E-state index in [0.717, 1.165) is 0 Å². The maximum absolute atomic E-state index is 6.58. The Labute approximate surface area is 75.0 Å². The number of hydrogen-bond donors (Lipinski definition) is 2. The number of nitrogens with two attached hydrogens (primary N) is 1. The Morgan fingerprint density at radius 1 is 1.00 bits per heavy atom. The van der Waals surface area contributed by atoms with E-state index in [1.54, 1.807) is 6.08 Å². The number of nitrogens with one attached hydrogen (secondary N) is 1. The summed E-state index contributed by atoms with van der Waals surface area (Å²) >= 11 is 0. The second kappa shape index (κ2) is 9.43. The van der Waals surface area contributed by atoms with Crippen molar-refractivity contribution < 1.29 is 6.40 Å². The molecule has 0 rings (SSSR count). The average molecular weight is 164 g/mol. The molecule has 0 heterocycles. The zero-order chi connectivity index (χ0) is 9.78. The summed E-state index contributed by atoms with van der Waals surface area (Å²) in [6.07, 6.45) is 16.5. The highest BCUT2D eigenvalue weighted by Gasteiger charge is 1.63. The Hall–Kier alpha value is -1.57. The van der Waals surface area contributed by atoms with Crippen molar-refractivity contribution in [2.24, 2.45) is 5.73 Å². The molecule has 0 aliphatic heterocycles. The van der Waals surface area contributed by atoms with Gasteiger partial charge in [-0.25, -0.2) is 0 Å². The van der Waals surface area contributed by atoms with Gasteiger partial charge in [-0.15, -0.1) is 0 Å². The van der Waals surface area contributed by atoms with Crippen LogP contribution in [0.15, 0.2) is 48.7 Å². The Kier molecular flexibility index (Phi) is 6.70. The molecule has 64 valence electrons. The highest BCUT2D eigenvalue weighted by atomic mass is 14.6. The van der Waals surface area contributed by atoms with Crippen LogP contribution in [0.2, 0.25) is 1.41 Å². The van der Waals surface area contributed by atoms with Crippen LogP contribution in [0.5, 0.6) is 0 Å². The van der Waals surface area contributed by atoms with Crippen LogP contribution in [0.1, 0.15) is 0 Å². The van der Waals surface area contributed by atoms with Gasteiger partial charge in [-0.05, 0) is 12.3 Å². The maximum Gasteiger partial charge on any atom is 0.161 e. The van der Waals surface area contributed by atoms with E-state index in [4.69, 9.17) is 1.41 Å². The zero-order valence-corrected chi connectivity index (χ0v) is 7.20. The maximum atomic E-state index is 6.58. The monoisotopic (exact) mass is 164 g/mol. The van der Waals surface area contributed by atoms with E-state index in [1.807, 2.05) is 49.7 Å². The minimum atomic E-state index is 1.54. The lowest BCUT2D eigenvalue weighted by molar-refractivity contribution is -0.413. The third kappa shape index (κ3) is 8.43. The minimum Gasteiger partial charge on any atom is -0.405 e. The van der Waals surface area contributed by atoms with Gasteiger partial charge in [0.15, 0.2) is 7.63 Å². The Morgan fingerprint density at radius 3 is 2.17 bits per heavy atom. The lowest BCUT2D eigenvalue weighted by Gasteiger charge is -1.71. The molecule has 3 N–H and O–H groups in total. The molecule has 0 saturated carbocycles. The average Bonchev–Trinajstić information content (AvgIpc) is 2.16. The minimum absolute atomic E-state index is 1.54. The van der Waals surface area contributed by atoms with E-state index in [-0.39, 0.29) is 0 Å². The van der Waals surface area contributed by atoms with Gasteiger partial charge in [0.05, 0.1) is 0 Å². The van der Waals surface area contributed by atoms with Gasteiger partial charge in [0.1, 0.15) is 7.05 Å². The second-order valence-corrected chi connectivity index (χ2v) is 1.97. The summed E-state index contributed by atoms with van der Waals surface area (Å²) in [4.78, 5) is 2.88. The predicted molar refractivity (Wildman–Crippen MR) is 53.7 cm³/mol. The van der Waals surface area contributed by atoms with Gasteiger partial charge in [0, 0.05) is 6.08 Å². The summed E-state index contributed by atoms with van der Waals surface area (Å²) in [6.45, 7) is 0. The third-order valence-electron chi connectivity index (χ3n) is 1.03. The fraction of sp³-hybridized carbons (Fsp3) is 0.100. The third-order valence-corrected chi connectivity index (χ3v) is 1.03. The number of allylic oxidation sites excluding steroid dienone is 7. The van der Waals surface area contributed by atoms with Crippen LogP contribution in [0.25, 0.3) is 0 Å². The topological polar surface area (TPSA) is 40.0 Å². The van der Waals surface area contributed by atoms with Gasteiger partial charge < -0.3 is 5.73 Å². The molecule has 0 saturated heterocycles. The van der Waals surface area contributed by atoms with Crippen LogP contribution in [0.3, 0.4) is 0 Å². The van der Waals surface area contributed by atoms with Crippen molar-refractivity contribution in [3.63, 3.8) is 0 Å². The highest BCUT2D eigenvalue weighted by Crippen LogP contribution is 1.79. The number of rotatable bonds is 5. The molecule has 12 heavy (non-hydrogen) atoms. The van der Waals surface area contributed by atoms with Gasteiger partial charge >= 0.3 is 0 Å². The molecule has 0 aromatic rings. The SMILES string of the molecule is [2H]NC=CC=CC=CC=CC=[NH+]C. The van der Waals surface area contributed by atoms with Gasteiger partial charge in [0.25, 0.3) is 0 Å². The normalized spacial score (nSPS) is 14.6.